The van der Waals surface area contributed by atoms with Gasteiger partial charge in [0.05, 0.1) is 93.3 Å². The standard InChI is InChI=1S/C56H76N2O9/c1-9-27-57(30-24-40-37-50(64-7)51(65-8)38-42(40)44(57)34-39-18-21-46(60-3)49(35-39)63-6)29-16-14-12-11-13-15-17-33-66-52(59)25-31-58(28-10-2)32-26-56-43-20-23-48(62-5)55(56)67-54-47(61-4)22-19-41(53(54)56)36-45(43)58/h9-10,18-23,35,37-38,43-45,48,55H,1-2,11-17,24-34,36H2,3-8H3/q+2/t43-,44+,45+,48-,55-,56-,57?,58?/m0/s1. The van der Waals surface area contributed by atoms with E-state index >= 15 is 0 Å². The minimum absolute atomic E-state index is 0.0929. The Morgan fingerprint density at radius 2 is 1.40 bits per heavy atom. The Morgan fingerprint density at radius 1 is 0.731 bits per heavy atom. The molecule has 67 heavy (non-hydrogen) atoms. The predicted octanol–water partition coefficient (Wildman–Crippen LogP) is 9.47. The fourth-order valence-corrected chi connectivity index (χ4v) is 13.2. The van der Waals surface area contributed by atoms with Crippen LogP contribution >= 0.6 is 0 Å². The van der Waals surface area contributed by atoms with Crippen LogP contribution in [0.4, 0.5) is 0 Å². The third kappa shape index (κ3) is 9.08. The maximum Gasteiger partial charge on any atom is 0.311 e. The van der Waals surface area contributed by atoms with Crippen LogP contribution in [0.5, 0.6) is 34.5 Å². The number of piperidine rings is 1. The number of fused-ring (bicyclic) bond motifs is 1. The van der Waals surface area contributed by atoms with E-state index in [-0.39, 0.29) is 35.6 Å². The highest BCUT2D eigenvalue weighted by Gasteiger charge is 2.68. The number of carbonyl (C=O) groups is 1. The average molecular weight is 921 g/mol. The van der Waals surface area contributed by atoms with Gasteiger partial charge in [0.1, 0.15) is 24.3 Å². The van der Waals surface area contributed by atoms with Crippen molar-refractivity contribution in [2.24, 2.45) is 5.92 Å². The normalized spacial score (nSPS) is 27.2. The lowest BCUT2D eigenvalue weighted by atomic mass is 9.52. The Balaban J connectivity index is 0.816. The summed E-state index contributed by atoms with van der Waals surface area (Å²) in [5.41, 5.74) is 6.35. The maximum atomic E-state index is 13.4. The molecule has 8 atom stereocenters. The van der Waals surface area contributed by atoms with Crippen molar-refractivity contribution >= 4 is 5.97 Å². The second kappa shape index (κ2) is 21.1. The average Bonchev–Trinajstić information content (AvgIpc) is 3.71. The molecule has 2 unspecified atom stereocenters. The lowest BCUT2D eigenvalue weighted by Gasteiger charge is -2.61. The summed E-state index contributed by atoms with van der Waals surface area (Å²) in [4.78, 5) is 13.4. The first-order valence-electron chi connectivity index (χ1n) is 24.8. The summed E-state index contributed by atoms with van der Waals surface area (Å²) in [5, 5.41) is 0. The smallest absolute Gasteiger partial charge is 0.311 e. The van der Waals surface area contributed by atoms with Gasteiger partial charge in [-0.1, -0.05) is 63.1 Å². The zero-order valence-corrected chi connectivity index (χ0v) is 41.2. The fraction of sp³-hybridized carbons (Fsp3) is 0.554. The van der Waals surface area contributed by atoms with Gasteiger partial charge in [-0.05, 0) is 78.4 Å². The Bertz CT molecular complexity index is 2280. The van der Waals surface area contributed by atoms with E-state index in [4.69, 9.17) is 37.9 Å². The number of likely N-dealkylation sites (tertiary alicyclic amines) is 1. The van der Waals surface area contributed by atoms with E-state index in [0.717, 1.165) is 134 Å². The van der Waals surface area contributed by atoms with E-state index in [1.165, 1.54) is 47.1 Å². The second-order valence-electron chi connectivity index (χ2n) is 19.6. The highest BCUT2D eigenvalue weighted by molar-refractivity contribution is 5.69. The number of carbonyl (C=O) groups excluding carboxylic acids is 1. The number of hydrogen-bond acceptors (Lipinski definition) is 9. The van der Waals surface area contributed by atoms with Crippen molar-refractivity contribution in [1.29, 1.82) is 0 Å². The van der Waals surface area contributed by atoms with Gasteiger partial charge in [0.15, 0.2) is 34.5 Å². The molecule has 1 fully saturated rings. The maximum absolute atomic E-state index is 13.4. The number of methoxy groups -OCH3 is 6. The van der Waals surface area contributed by atoms with E-state index in [0.29, 0.717) is 19.1 Å². The number of unbranched alkanes of at least 4 members (excludes halogenated alkanes) is 6. The van der Waals surface area contributed by atoms with Crippen LogP contribution in [0.1, 0.15) is 91.6 Å². The largest absolute Gasteiger partial charge is 0.493 e. The molecule has 0 aromatic heterocycles. The molecule has 3 aromatic carbocycles. The third-order valence-corrected chi connectivity index (χ3v) is 16.5. The first kappa shape index (κ1) is 48.5. The second-order valence-corrected chi connectivity index (χ2v) is 19.6. The van der Waals surface area contributed by atoms with Crippen molar-refractivity contribution in [3.63, 3.8) is 0 Å². The van der Waals surface area contributed by atoms with Gasteiger partial charge < -0.3 is 46.9 Å². The summed E-state index contributed by atoms with van der Waals surface area (Å²) < 4.78 is 49.1. The summed E-state index contributed by atoms with van der Waals surface area (Å²) in [6.07, 6.45) is 20.4. The van der Waals surface area contributed by atoms with Crippen LogP contribution in [0, 0.1) is 5.92 Å². The number of rotatable bonds is 25. The van der Waals surface area contributed by atoms with Crippen LogP contribution in [0.25, 0.3) is 0 Å². The molecule has 8 rings (SSSR count). The molecule has 1 spiro atoms. The zero-order chi connectivity index (χ0) is 47.2. The van der Waals surface area contributed by atoms with Gasteiger partial charge in [0, 0.05) is 49.8 Å². The molecule has 3 aromatic rings. The molecule has 3 heterocycles. The Kier molecular flexibility index (Phi) is 15.3. The molecule has 362 valence electrons. The van der Waals surface area contributed by atoms with Gasteiger partial charge in [-0.15, -0.1) is 0 Å². The molecule has 2 bridgehead atoms. The Hall–Kier alpha value is -4.97. The van der Waals surface area contributed by atoms with E-state index in [2.05, 4.69) is 67.8 Å². The Labute approximate surface area is 399 Å². The van der Waals surface area contributed by atoms with Crippen LogP contribution in [-0.2, 0) is 38.9 Å². The van der Waals surface area contributed by atoms with Gasteiger partial charge >= 0.3 is 5.97 Å². The minimum Gasteiger partial charge on any atom is -0.493 e. The van der Waals surface area contributed by atoms with Crippen molar-refractivity contribution in [3.8, 4) is 34.5 Å². The van der Waals surface area contributed by atoms with Crippen LogP contribution in [0.15, 0.2) is 79.9 Å². The molecule has 0 N–H and O–H groups in total. The fourth-order valence-electron chi connectivity index (χ4n) is 13.2. The molecule has 2 aliphatic carbocycles. The number of benzene rings is 3. The summed E-state index contributed by atoms with van der Waals surface area (Å²) in [7, 11) is 10.3. The monoisotopic (exact) mass is 921 g/mol. The van der Waals surface area contributed by atoms with Gasteiger partial charge in [-0.2, -0.15) is 0 Å². The van der Waals surface area contributed by atoms with Crippen LogP contribution in [-0.4, -0.2) is 122 Å². The lowest BCUT2D eigenvalue weighted by Crippen LogP contribution is -2.72. The van der Waals surface area contributed by atoms with Crippen LogP contribution in [0.3, 0.4) is 0 Å². The minimum atomic E-state index is -0.169. The first-order valence-corrected chi connectivity index (χ1v) is 24.8. The number of esters is 1. The van der Waals surface area contributed by atoms with Crippen molar-refractivity contribution in [3.05, 3.63) is 108 Å². The van der Waals surface area contributed by atoms with Crippen LogP contribution in [0.2, 0.25) is 0 Å². The quantitative estimate of drug-likeness (QED) is 0.0357. The highest BCUT2D eigenvalue weighted by atomic mass is 16.6. The van der Waals surface area contributed by atoms with Gasteiger partial charge in [-0.3, -0.25) is 4.79 Å². The molecule has 5 aliphatic rings. The van der Waals surface area contributed by atoms with Gasteiger partial charge in [0.2, 0.25) is 0 Å². The van der Waals surface area contributed by atoms with E-state index in [1.807, 2.05) is 12.1 Å². The number of hydrogen-bond donors (Lipinski definition) is 0. The first-order chi connectivity index (χ1) is 32.7. The van der Waals surface area contributed by atoms with Gasteiger partial charge in [0.25, 0.3) is 0 Å². The SMILES string of the molecule is C=CC[N+]1(CCCCCCCCCOC(=O)CC[N+]2(CC=C)CC[C@]34c5c6ccc(OC)c5O[C@H]3[C@@H](OC)C=C[C@H]4[C@H]2C6)CCc2cc(OC)c(OC)cc2[C@H]1Cc1ccc(OC)c(OC)c1. The predicted molar refractivity (Wildman–Crippen MR) is 262 cm³/mol. The molecule has 0 saturated carbocycles. The summed E-state index contributed by atoms with van der Waals surface area (Å²) in [6.45, 7) is 14.5. The summed E-state index contributed by atoms with van der Waals surface area (Å²) in [6, 6.07) is 15.5. The number of nitrogens with zero attached hydrogens (tertiary/aromatic N) is 2. The van der Waals surface area contributed by atoms with Crippen molar-refractivity contribution in [2.45, 2.75) is 107 Å². The van der Waals surface area contributed by atoms with Crippen molar-refractivity contribution in [2.75, 3.05) is 88.5 Å². The molecule has 11 nitrogen and oxygen atoms in total. The molecular weight excluding hydrogens is 845 g/mol. The molecule has 0 radical (unpaired) electrons. The van der Waals surface area contributed by atoms with Gasteiger partial charge in [-0.25, -0.2) is 0 Å². The zero-order valence-electron chi connectivity index (χ0n) is 41.2. The third-order valence-electron chi connectivity index (χ3n) is 16.5. The number of quaternary nitrogens is 2. The summed E-state index contributed by atoms with van der Waals surface area (Å²) >= 11 is 0. The summed E-state index contributed by atoms with van der Waals surface area (Å²) in [5.74, 6) is 4.89. The molecule has 11 heteroatoms. The van der Waals surface area contributed by atoms with Crippen molar-refractivity contribution in [1.82, 2.24) is 0 Å². The number of ether oxygens (including phenoxy) is 8. The molecule has 0 amide bonds. The lowest BCUT2D eigenvalue weighted by molar-refractivity contribution is -0.955. The van der Waals surface area contributed by atoms with Crippen LogP contribution < -0.4 is 28.4 Å². The molecule has 1 saturated heterocycles. The molecular formula is C56H76N2O9+2. The molecule has 3 aliphatic heterocycles. The van der Waals surface area contributed by atoms with E-state index < -0.39 is 0 Å². The van der Waals surface area contributed by atoms with Crippen molar-refractivity contribution < 1.29 is 51.7 Å². The topological polar surface area (TPSA) is 90.9 Å². The van der Waals surface area contributed by atoms with E-state index in [9.17, 15) is 4.79 Å². The van der Waals surface area contributed by atoms with E-state index in [1.54, 1.807) is 42.7 Å². The Morgan fingerprint density at radius 3 is 2.12 bits per heavy atom. The highest BCUT2D eigenvalue weighted by Crippen LogP contribution is 2.64.